The van der Waals surface area contributed by atoms with Gasteiger partial charge in [0, 0.05) is 38.3 Å². The number of morpholine rings is 1. The van der Waals surface area contributed by atoms with Crippen molar-refractivity contribution in [3.63, 3.8) is 0 Å². The summed E-state index contributed by atoms with van der Waals surface area (Å²) in [5.74, 6) is 0.863. The van der Waals surface area contributed by atoms with E-state index in [-0.39, 0.29) is 0 Å². The molecule has 2 rings (SSSR count). The molecule has 1 heterocycles. The number of nitrogens with zero attached hydrogens (tertiary/aromatic N) is 2. The molecule has 1 atom stereocenters. The lowest BCUT2D eigenvalue weighted by Gasteiger charge is -2.36. The van der Waals surface area contributed by atoms with Crippen LogP contribution in [0.2, 0.25) is 0 Å². The summed E-state index contributed by atoms with van der Waals surface area (Å²) in [4.78, 5) is 5.07. The molecular formula is C15H31N3O. The molecule has 4 nitrogen and oxygen atoms in total. The Hall–Kier alpha value is -0.160. The van der Waals surface area contributed by atoms with Crippen LogP contribution in [0.1, 0.15) is 32.6 Å². The van der Waals surface area contributed by atoms with Crippen molar-refractivity contribution in [2.45, 2.75) is 44.7 Å². The van der Waals surface area contributed by atoms with Gasteiger partial charge in [0.1, 0.15) is 0 Å². The minimum Gasteiger partial charge on any atom is -0.379 e. The van der Waals surface area contributed by atoms with E-state index in [4.69, 9.17) is 10.5 Å². The van der Waals surface area contributed by atoms with E-state index >= 15 is 0 Å². The number of hydrogen-bond donors (Lipinski definition) is 1. The summed E-state index contributed by atoms with van der Waals surface area (Å²) in [6.07, 6.45) is 5.07. The summed E-state index contributed by atoms with van der Waals surface area (Å²) in [5, 5.41) is 0. The predicted molar refractivity (Wildman–Crippen MR) is 79.3 cm³/mol. The van der Waals surface area contributed by atoms with Crippen LogP contribution < -0.4 is 5.73 Å². The summed E-state index contributed by atoms with van der Waals surface area (Å²) in [7, 11) is 2.27. The molecule has 0 aromatic rings. The van der Waals surface area contributed by atoms with E-state index in [9.17, 15) is 0 Å². The molecular weight excluding hydrogens is 238 g/mol. The molecule has 1 aliphatic carbocycles. The molecule has 0 bridgehead atoms. The van der Waals surface area contributed by atoms with Gasteiger partial charge in [0.25, 0.3) is 0 Å². The van der Waals surface area contributed by atoms with Crippen LogP contribution >= 0.6 is 0 Å². The second-order valence-electron chi connectivity index (χ2n) is 6.50. The van der Waals surface area contributed by atoms with Gasteiger partial charge in [-0.3, -0.25) is 4.90 Å². The van der Waals surface area contributed by atoms with Gasteiger partial charge in [0.05, 0.1) is 13.2 Å². The van der Waals surface area contributed by atoms with Crippen LogP contribution in [0.3, 0.4) is 0 Å². The summed E-state index contributed by atoms with van der Waals surface area (Å²) in [5.41, 5.74) is 5.97. The van der Waals surface area contributed by atoms with E-state index < -0.39 is 0 Å². The first kappa shape index (κ1) is 15.2. The third kappa shape index (κ3) is 5.03. The number of ether oxygens (including phenoxy) is 1. The largest absolute Gasteiger partial charge is 0.379 e. The number of nitrogens with two attached hydrogens (primary N) is 1. The molecule has 112 valence electrons. The molecule has 2 fully saturated rings. The zero-order valence-electron chi connectivity index (χ0n) is 12.7. The molecule has 0 unspecified atom stereocenters. The maximum Gasteiger partial charge on any atom is 0.0594 e. The molecule has 1 saturated heterocycles. The maximum atomic E-state index is 5.97. The molecule has 0 amide bonds. The average Bonchev–Trinajstić information content (AvgIpc) is 2.42. The van der Waals surface area contributed by atoms with E-state index in [1.807, 2.05) is 0 Å². The zero-order valence-corrected chi connectivity index (χ0v) is 12.7. The van der Waals surface area contributed by atoms with E-state index in [0.717, 1.165) is 32.2 Å². The second-order valence-corrected chi connectivity index (χ2v) is 6.50. The second kappa shape index (κ2) is 7.58. The van der Waals surface area contributed by atoms with Crippen molar-refractivity contribution in [1.29, 1.82) is 0 Å². The summed E-state index contributed by atoms with van der Waals surface area (Å²) in [6.45, 7) is 8.73. The minimum atomic E-state index is 0.467. The van der Waals surface area contributed by atoms with Crippen molar-refractivity contribution in [3.8, 4) is 0 Å². The van der Waals surface area contributed by atoms with Crippen LogP contribution in [-0.2, 0) is 4.74 Å². The Morgan fingerprint density at radius 2 is 1.84 bits per heavy atom. The topological polar surface area (TPSA) is 41.7 Å². The van der Waals surface area contributed by atoms with Gasteiger partial charge in [0.2, 0.25) is 0 Å². The highest BCUT2D eigenvalue weighted by atomic mass is 16.5. The highest BCUT2D eigenvalue weighted by Gasteiger charge is 2.22. The highest BCUT2D eigenvalue weighted by molar-refractivity contribution is 4.78. The minimum absolute atomic E-state index is 0.467. The van der Waals surface area contributed by atoms with Crippen LogP contribution in [0.25, 0.3) is 0 Å². The Balaban J connectivity index is 1.66. The fraction of sp³-hybridized carbons (Fsp3) is 1.00. The van der Waals surface area contributed by atoms with Crippen LogP contribution in [0.5, 0.6) is 0 Å². The average molecular weight is 269 g/mol. The summed E-state index contributed by atoms with van der Waals surface area (Å²) in [6, 6.07) is 1.11. The van der Waals surface area contributed by atoms with E-state index in [2.05, 4.69) is 23.8 Å². The summed E-state index contributed by atoms with van der Waals surface area (Å²) < 4.78 is 5.42. The van der Waals surface area contributed by atoms with Gasteiger partial charge in [-0.15, -0.1) is 0 Å². The van der Waals surface area contributed by atoms with Crippen molar-refractivity contribution >= 4 is 0 Å². The zero-order chi connectivity index (χ0) is 13.7. The van der Waals surface area contributed by atoms with E-state index in [1.165, 1.54) is 38.8 Å². The lowest BCUT2D eigenvalue weighted by molar-refractivity contribution is 0.0129. The van der Waals surface area contributed by atoms with E-state index in [0.29, 0.717) is 12.1 Å². The molecule has 0 aromatic heterocycles. The van der Waals surface area contributed by atoms with Crippen molar-refractivity contribution in [2.75, 3.05) is 46.4 Å². The quantitative estimate of drug-likeness (QED) is 0.813. The normalized spacial score (nSPS) is 31.6. The van der Waals surface area contributed by atoms with Crippen LogP contribution in [-0.4, -0.2) is 68.3 Å². The molecule has 2 N–H and O–H groups in total. The van der Waals surface area contributed by atoms with Crippen LogP contribution in [0.15, 0.2) is 0 Å². The van der Waals surface area contributed by atoms with Crippen molar-refractivity contribution in [2.24, 2.45) is 11.7 Å². The molecule has 4 heteroatoms. The molecule has 0 spiro atoms. The fourth-order valence-electron chi connectivity index (χ4n) is 3.47. The first-order chi connectivity index (χ1) is 9.15. The first-order valence-corrected chi connectivity index (χ1v) is 7.91. The molecule has 2 aliphatic rings. The lowest BCUT2D eigenvalue weighted by Crippen LogP contribution is -2.47. The smallest absolute Gasteiger partial charge is 0.0594 e. The molecule has 1 aliphatic heterocycles. The number of hydrogen-bond acceptors (Lipinski definition) is 4. The highest BCUT2D eigenvalue weighted by Crippen LogP contribution is 2.23. The van der Waals surface area contributed by atoms with Gasteiger partial charge in [-0.2, -0.15) is 0 Å². The van der Waals surface area contributed by atoms with Gasteiger partial charge in [-0.1, -0.05) is 0 Å². The van der Waals surface area contributed by atoms with Gasteiger partial charge >= 0.3 is 0 Å². The van der Waals surface area contributed by atoms with Gasteiger partial charge in [0.15, 0.2) is 0 Å². The van der Waals surface area contributed by atoms with Crippen LogP contribution in [0.4, 0.5) is 0 Å². The summed E-state index contributed by atoms with van der Waals surface area (Å²) >= 11 is 0. The Morgan fingerprint density at radius 3 is 2.47 bits per heavy atom. The van der Waals surface area contributed by atoms with Crippen molar-refractivity contribution < 1.29 is 4.74 Å². The van der Waals surface area contributed by atoms with Gasteiger partial charge in [-0.25, -0.2) is 0 Å². The molecule has 1 saturated carbocycles. The van der Waals surface area contributed by atoms with Gasteiger partial charge in [-0.05, 0) is 45.6 Å². The Kier molecular flexibility index (Phi) is 6.07. The Bertz CT molecular complexity index is 248. The Morgan fingerprint density at radius 1 is 1.21 bits per heavy atom. The lowest BCUT2D eigenvalue weighted by atomic mass is 9.86. The number of likely N-dealkylation sites (N-methyl/N-ethyl adjacent to an activating group) is 1. The predicted octanol–water partition coefficient (Wildman–Crippen LogP) is 1.16. The Labute approximate surface area is 118 Å². The monoisotopic (exact) mass is 269 g/mol. The third-order valence-electron chi connectivity index (χ3n) is 4.71. The third-order valence-corrected chi connectivity index (χ3v) is 4.71. The van der Waals surface area contributed by atoms with Crippen molar-refractivity contribution in [3.05, 3.63) is 0 Å². The standard InChI is InChI=1S/C15H31N3O/c1-13(18-7-9-19-10-8-18)11-17(2)12-14-3-5-15(16)6-4-14/h13-15H,3-12,16H2,1-2H3/t13-,14?,15?/m1/s1. The first-order valence-electron chi connectivity index (χ1n) is 7.91. The van der Waals surface area contributed by atoms with Crippen molar-refractivity contribution in [1.82, 2.24) is 9.80 Å². The molecule has 19 heavy (non-hydrogen) atoms. The molecule has 0 aromatic carbocycles. The van der Waals surface area contributed by atoms with Crippen LogP contribution in [0, 0.1) is 5.92 Å². The molecule has 0 radical (unpaired) electrons. The SMILES string of the molecule is C[C@H](CN(C)CC1CCC(N)CC1)N1CCOCC1. The van der Waals surface area contributed by atoms with Gasteiger partial charge < -0.3 is 15.4 Å². The van der Waals surface area contributed by atoms with E-state index in [1.54, 1.807) is 0 Å². The maximum absolute atomic E-state index is 5.97. The number of rotatable bonds is 5. The fourth-order valence-corrected chi connectivity index (χ4v) is 3.47.